The second-order valence-electron chi connectivity index (χ2n) is 3.14. The van der Waals surface area contributed by atoms with Gasteiger partial charge in [-0.05, 0) is 6.07 Å². The van der Waals surface area contributed by atoms with Crippen LogP contribution in [0.1, 0.15) is 16.1 Å². The SMILES string of the molecule is N#Cc1nccnc1Oc1cncc(C(=O)O)c1. The molecule has 1 N–H and O–H groups in total. The Labute approximate surface area is 101 Å². The highest BCUT2D eigenvalue weighted by atomic mass is 16.5. The van der Waals surface area contributed by atoms with Crippen molar-refractivity contribution >= 4 is 5.97 Å². The van der Waals surface area contributed by atoms with Gasteiger partial charge in [0.2, 0.25) is 5.69 Å². The summed E-state index contributed by atoms with van der Waals surface area (Å²) >= 11 is 0. The average molecular weight is 242 g/mol. The Morgan fingerprint density at radius 1 is 1.33 bits per heavy atom. The molecule has 0 bridgehead atoms. The average Bonchev–Trinajstić information content (AvgIpc) is 2.39. The van der Waals surface area contributed by atoms with Crippen molar-refractivity contribution in [2.45, 2.75) is 0 Å². The molecule has 0 aliphatic heterocycles. The van der Waals surface area contributed by atoms with E-state index in [0.29, 0.717) is 0 Å². The van der Waals surface area contributed by atoms with Crippen molar-refractivity contribution in [3.63, 3.8) is 0 Å². The van der Waals surface area contributed by atoms with Gasteiger partial charge < -0.3 is 9.84 Å². The van der Waals surface area contributed by atoms with Crippen molar-refractivity contribution in [2.75, 3.05) is 0 Å². The Morgan fingerprint density at radius 3 is 2.83 bits per heavy atom. The first kappa shape index (κ1) is 11.5. The van der Waals surface area contributed by atoms with Crippen molar-refractivity contribution < 1.29 is 14.6 Å². The molecule has 2 heterocycles. The number of nitrogens with zero attached hydrogens (tertiary/aromatic N) is 4. The zero-order valence-electron chi connectivity index (χ0n) is 8.94. The van der Waals surface area contributed by atoms with E-state index in [4.69, 9.17) is 15.1 Å². The van der Waals surface area contributed by atoms with E-state index < -0.39 is 5.97 Å². The van der Waals surface area contributed by atoms with Gasteiger partial charge in [-0.2, -0.15) is 5.26 Å². The number of pyridine rings is 1. The lowest BCUT2D eigenvalue weighted by Gasteiger charge is -2.05. The van der Waals surface area contributed by atoms with E-state index in [1.54, 1.807) is 0 Å². The van der Waals surface area contributed by atoms with Crippen LogP contribution in [-0.4, -0.2) is 26.0 Å². The van der Waals surface area contributed by atoms with Crippen LogP contribution in [0.5, 0.6) is 11.6 Å². The Hall–Kier alpha value is -3.01. The van der Waals surface area contributed by atoms with E-state index in [1.807, 2.05) is 6.07 Å². The summed E-state index contributed by atoms with van der Waals surface area (Å²) in [4.78, 5) is 22.1. The van der Waals surface area contributed by atoms with Gasteiger partial charge in [-0.1, -0.05) is 0 Å². The second-order valence-corrected chi connectivity index (χ2v) is 3.14. The fourth-order valence-electron chi connectivity index (χ4n) is 1.18. The summed E-state index contributed by atoms with van der Waals surface area (Å²) in [5.74, 6) is -0.941. The summed E-state index contributed by atoms with van der Waals surface area (Å²) in [7, 11) is 0. The minimum Gasteiger partial charge on any atom is -0.478 e. The molecule has 0 saturated carbocycles. The van der Waals surface area contributed by atoms with Gasteiger partial charge in [0, 0.05) is 18.6 Å². The third-order valence-electron chi connectivity index (χ3n) is 1.95. The first-order chi connectivity index (χ1) is 8.70. The van der Waals surface area contributed by atoms with Crippen molar-refractivity contribution in [1.29, 1.82) is 5.26 Å². The van der Waals surface area contributed by atoms with Gasteiger partial charge in [0.1, 0.15) is 11.8 Å². The molecule has 88 valence electrons. The molecule has 0 aliphatic carbocycles. The van der Waals surface area contributed by atoms with Crippen molar-refractivity contribution in [2.24, 2.45) is 0 Å². The number of aromatic nitrogens is 3. The predicted octanol–water partition coefficient (Wildman–Crippen LogP) is 1.23. The molecule has 0 atom stereocenters. The van der Waals surface area contributed by atoms with Crippen LogP contribution in [-0.2, 0) is 0 Å². The Balaban J connectivity index is 2.32. The van der Waals surface area contributed by atoms with Crippen LogP contribution in [0.15, 0.2) is 30.9 Å². The molecule has 2 rings (SSSR count). The minimum absolute atomic E-state index is 0.00402. The Bertz CT molecular complexity index is 636. The fraction of sp³-hybridized carbons (Fsp3) is 0. The molecule has 0 aliphatic rings. The minimum atomic E-state index is -1.12. The quantitative estimate of drug-likeness (QED) is 0.861. The summed E-state index contributed by atoms with van der Waals surface area (Å²) in [6.45, 7) is 0. The molecule has 0 unspecified atom stereocenters. The Morgan fingerprint density at radius 2 is 2.11 bits per heavy atom. The highest BCUT2D eigenvalue weighted by Gasteiger charge is 2.09. The first-order valence-corrected chi connectivity index (χ1v) is 4.78. The fourth-order valence-corrected chi connectivity index (χ4v) is 1.18. The van der Waals surface area contributed by atoms with Gasteiger partial charge in [0.05, 0.1) is 11.8 Å². The molecule has 2 aromatic rings. The molecule has 0 spiro atoms. The molecule has 0 amide bonds. The number of rotatable bonds is 3. The third kappa shape index (κ3) is 2.38. The van der Waals surface area contributed by atoms with E-state index in [0.717, 1.165) is 0 Å². The molecule has 2 aromatic heterocycles. The number of carboxylic acids is 1. The largest absolute Gasteiger partial charge is 0.478 e. The molecule has 0 radical (unpaired) electrons. The number of nitriles is 1. The number of carboxylic acid groups (broad SMARTS) is 1. The predicted molar refractivity (Wildman–Crippen MR) is 58.0 cm³/mol. The maximum atomic E-state index is 10.8. The second kappa shape index (κ2) is 4.88. The van der Waals surface area contributed by atoms with Gasteiger partial charge in [-0.25, -0.2) is 14.8 Å². The van der Waals surface area contributed by atoms with Crippen LogP contribution < -0.4 is 4.74 Å². The molecule has 0 fully saturated rings. The molecule has 7 heteroatoms. The van der Waals surface area contributed by atoms with Gasteiger partial charge in [-0.15, -0.1) is 0 Å². The number of carbonyl (C=O) groups is 1. The van der Waals surface area contributed by atoms with E-state index in [9.17, 15) is 4.79 Å². The van der Waals surface area contributed by atoms with Gasteiger partial charge in [0.15, 0.2) is 0 Å². The van der Waals surface area contributed by atoms with Gasteiger partial charge >= 0.3 is 5.97 Å². The van der Waals surface area contributed by atoms with Crippen LogP contribution in [0.3, 0.4) is 0 Å². The van der Waals surface area contributed by atoms with Crippen LogP contribution in [0.2, 0.25) is 0 Å². The lowest BCUT2D eigenvalue weighted by Crippen LogP contribution is -1.99. The van der Waals surface area contributed by atoms with Crippen molar-refractivity contribution in [3.8, 4) is 17.7 Å². The van der Waals surface area contributed by atoms with E-state index >= 15 is 0 Å². The number of ether oxygens (including phenoxy) is 1. The highest BCUT2D eigenvalue weighted by Crippen LogP contribution is 2.20. The maximum absolute atomic E-state index is 10.8. The molecular formula is C11H6N4O3. The lowest BCUT2D eigenvalue weighted by atomic mass is 10.3. The topological polar surface area (TPSA) is 109 Å². The standard InChI is InChI=1S/C11H6N4O3/c12-4-9-10(15-2-1-14-9)18-8-3-7(11(16)17)5-13-6-8/h1-3,5-6H,(H,16,17). The van der Waals surface area contributed by atoms with Crippen LogP contribution in [0, 0.1) is 11.3 Å². The van der Waals surface area contributed by atoms with E-state index in [-0.39, 0.29) is 22.9 Å². The number of aromatic carboxylic acids is 1. The summed E-state index contributed by atoms with van der Waals surface area (Å²) in [6, 6.07) is 3.10. The highest BCUT2D eigenvalue weighted by molar-refractivity contribution is 5.87. The molecule has 0 aromatic carbocycles. The van der Waals surface area contributed by atoms with Crippen LogP contribution >= 0.6 is 0 Å². The van der Waals surface area contributed by atoms with Crippen LogP contribution in [0.25, 0.3) is 0 Å². The Kier molecular flexibility index (Phi) is 3.11. The van der Waals surface area contributed by atoms with Crippen molar-refractivity contribution in [3.05, 3.63) is 42.1 Å². The number of hydrogen-bond donors (Lipinski definition) is 1. The first-order valence-electron chi connectivity index (χ1n) is 4.78. The lowest BCUT2D eigenvalue weighted by molar-refractivity contribution is 0.0696. The molecule has 7 nitrogen and oxygen atoms in total. The third-order valence-corrected chi connectivity index (χ3v) is 1.95. The number of hydrogen-bond acceptors (Lipinski definition) is 6. The monoisotopic (exact) mass is 242 g/mol. The van der Waals surface area contributed by atoms with Crippen LogP contribution in [0.4, 0.5) is 0 Å². The van der Waals surface area contributed by atoms with E-state index in [1.165, 1.54) is 30.9 Å². The summed E-state index contributed by atoms with van der Waals surface area (Å²) in [5, 5.41) is 17.6. The molecule has 18 heavy (non-hydrogen) atoms. The smallest absolute Gasteiger partial charge is 0.337 e. The van der Waals surface area contributed by atoms with Gasteiger partial charge in [0.25, 0.3) is 5.88 Å². The maximum Gasteiger partial charge on any atom is 0.337 e. The van der Waals surface area contributed by atoms with Gasteiger partial charge in [-0.3, -0.25) is 4.98 Å². The zero-order chi connectivity index (χ0) is 13.0. The normalized spacial score (nSPS) is 9.50. The summed E-state index contributed by atoms with van der Waals surface area (Å²) in [5.41, 5.74) is -0.00636. The van der Waals surface area contributed by atoms with E-state index in [2.05, 4.69) is 15.0 Å². The molecular weight excluding hydrogens is 236 g/mol. The summed E-state index contributed by atoms with van der Waals surface area (Å²) in [6.07, 6.45) is 5.24. The molecule has 0 saturated heterocycles. The summed E-state index contributed by atoms with van der Waals surface area (Å²) < 4.78 is 5.27. The van der Waals surface area contributed by atoms with Crippen molar-refractivity contribution in [1.82, 2.24) is 15.0 Å². The zero-order valence-corrected chi connectivity index (χ0v) is 8.94.